The second-order valence-corrected chi connectivity index (χ2v) is 10.7. The Morgan fingerprint density at radius 2 is 1.78 bits per heavy atom. The Kier molecular flexibility index (Phi) is 4.37. The van der Waals surface area contributed by atoms with Crippen molar-refractivity contribution < 1.29 is 14.3 Å². The Hall–Kier alpha value is -0.670. The zero-order valence-corrected chi connectivity index (χ0v) is 17.3. The molecular formula is C24H36O3. The first kappa shape index (κ1) is 18.4. The Labute approximate surface area is 164 Å². The largest absolute Gasteiger partial charge is 0.350 e. The molecule has 1 heterocycles. The van der Waals surface area contributed by atoms with Gasteiger partial charge < -0.3 is 9.47 Å². The van der Waals surface area contributed by atoms with Crippen LogP contribution in [0.15, 0.2) is 11.6 Å². The van der Waals surface area contributed by atoms with Gasteiger partial charge in [-0.2, -0.15) is 0 Å². The van der Waals surface area contributed by atoms with Crippen molar-refractivity contribution in [1.82, 2.24) is 0 Å². The van der Waals surface area contributed by atoms with Gasteiger partial charge in [0.1, 0.15) is 0 Å². The minimum absolute atomic E-state index is 0.0195. The van der Waals surface area contributed by atoms with Gasteiger partial charge in [0.05, 0.1) is 13.2 Å². The van der Waals surface area contributed by atoms with Gasteiger partial charge in [-0.3, -0.25) is 4.79 Å². The van der Waals surface area contributed by atoms with Crippen molar-refractivity contribution in [3.05, 3.63) is 11.6 Å². The number of carbonyl (C=O) groups excluding carboxylic acids is 1. The molecule has 150 valence electrons. The van der Waals surface area contributed by atoms with Crippen LogP contribution in [0.1, 0.15) is 72.1 Å². The third kappa shape index (κ3) is 2.64. The molecule has 0 aromatic heterocycles. The lowest BCUT2D eigenvalue weighted by atomic mass is 9.46. The topological polar surface area (TPSA) is 35.5 Å². The average molecular weight is 373 g/mol. The van der Waals surface area contributed by atoms with E-state index >= 15 is 0 Å². The van der Waals surface area contributed by atoms with Crippen LogP contribution < -0.4 is 0 Å². The molecule has 0 amide bonds. The molecule has 27 heavy (non-hydrogen) atoms. The molecule has 3 nitrogen and oxygen atoms in total. The molecule has 0 radical (unpaired) electrons. The Bertz CT molecular complexity index is 648. The molecule has 0 aromatic rings. The van der Waals surface area contributed by atoms with E-state index in [1.807, 2.05) is 6.08 Å². The number of rotatable bonds is 2. The van der Waals surface area contributed by atoms with E-state index in [1.54, 1.807) is 0 Å². The van der Waals surface area contributed by atoms with Gasteiger partial charge in [0.25, 0.3) is 0 Å². The lowest BCUT2D eigenvalue weighted by Gasteiger charge is -2.58. The van der Waals surface area contributed by atoms with Crippen molar-refractivity contribution >= 4 is 5.78 Å². The maximum atomic E-state index is 12.0. The summed E-state index contributed by atoms with van der Waals surface area (Å²) in [6.07, 6.45) is 11.8. The van der Waals surface area contributed by atoms with Crippen LogP contribution in [0, 0.1) is 40.4 Å². The second kappa shape index (κ2) is 6.42. The van der Waals surface area contributed by atoms with Gasteiger partial charge in [0.15, 0.2) is 12.1 Å². The number of ether oxygens (including phenoxy) is 2. The molecule has 4 aliphatic carbocycles. The monoisotopic (exact) mass is 372 g/mol. The lowest BCUT2D eigenvalue weighted by Crippen LogP contribution is -2.51. The highest BCUT2D eigenvalue weighted by Crippen LogP contribution is 2.67. The van der Waals surface area contributed by atoms with Gasteiger partial charge in [-0.05, 0) is 85.5 Å². The van der Waals surface area contributed by atoms with Gasteiger partial charge in [-0.15, -0.1) is 0 Å². The first-order chi connectivity index (χ1) is 12.9. The Morgan fingerprint density at radius 1 is 1.00 bits per heavy atom. The number of carbonyl (C=O) groups is 1. The zero-order chi connectivity index (χ0) is 18.8. The van der Waals surface area contributed by atoms with Crippen molar-refractivity contribution in [3.8, 4) is 0 Å². The summed E-state index contributed by atoms with van der Waals surface area (Å²) in [5.74, 6) is 4.08. The smallest absolute Gasteiger partial charge is 0.160 e. The Morgan fingerprint density at radius 3 is 2.56 bits per heavy atom. The van der Waals surface area contributed by atoms with Crippen molar-refractivity contribution in [2.75, 3.05) is 13.2 Å². The third-order valence-electron chi connectivity index (χ3n) is 9.75. The summed E-state index contributed by atoms with van der Waals surface area (Å²) >= 11 is 0. The highest BCUT2D eigenvalue weighted by atomic mass is 16.7. The van der Waals surface area contributed by atoms with Crippen molar-refractivity contribution in [2.45, 2.75) is 78.4 Å². The standard InChI is InChI=1S/C24H36O3/c1-15(22-26-12-13-27-22)19-6-7-20-18-5-4-16-14-17(25)8-10-23(16,2)21(18)9-11-24(19,20)3/h14-15,18-22H,4-13H2,1-3H3/t15?,18?,19-,20?,21?,23+,24-/m1/s1. The van der Waals surface area contributed by atoms with E-state index in [4.69, 9.17) is 9.47 Å². The van der Waals surface area contributed by atoms with Crippen LogP contribution in [0.3, 0.4) is 0 Å². The normalized spacial score (nSPS) is 48.6. The fraction of sp³-hybridized carbons (Fsp3) is 0.875. The molecular weight excluding hydrogens is 336 g/mol. The van der Waals surface area contributed by atoms with E-state index < -0.39 is 0 Å². The highest BCUT2D eigenvalue weighted by Gasteiger charge is 2.60. The van der Waals surface area contributed by atoms with Crippen molar-refractivity contribution in [3.63, 3.8) is 0 Å². The fourth-order valence-corrected chi connectivity index (χ4v) is 8.33. The van der Waals surface area contributed by atoms with E-state index in [0.29, 0.717) is 22.5 Å². The van der Waals surface area contributed by atoms with E-state index in [-0.39, 0.29) is 6.29 Å². The van der Waals surface area contributed by atoms with Gasteiger partial charge in [0, 0.05) is 12.3 Å². The van der Waals surface area contributed by atoms with Crippen LogP contribution in [-0.4, -0.2) is 25.3 Å². The number of ketones is 1. The summed E-state index contributed by atoms with van der Waals surface area (Å²) in [6.45, 7) is 8.97. The summed E-state index contributed by atoms with van der Waals surface area (Å²) in [6, 6.07) is 0. The fourth-order valence-electron chi connectivity index (χ4n) is 8.33. The van der Waals surface area contributed by atoms with E-state index in [9.17, 15) is 4.79 Å². The molecule has 4 unspecified atom stereocenters. The van der Waals surface area contributed by atoms with Gasteiger partial charge in [-0.25, -0.2) is 0 Å². The predicted octanol–water partition coefficient (Wildman–Crippen LogP) is 5.14. The van der Waals surface area contributed by atoms with Crippen LogP contribution in [0.25, 0.3) is 0 Å². The summed E-state index contributed by atoms with van der Waals surface area (Å²) in [5, 5.41) is 0. The summed E-state index contributed by atoms with van der Waals surface area (Å²) < 4.78 is 11.8. The quantitative estimate of drug-likeness (QED) is 0.673. The van der Waals surface area contributed by atoms with E-state index in [2.05, 4.69) is 20.8 Å². The maximum absolute atomic E-state index is 12.0. The molecule has 0 bridgehead atoms. The van der Waals surface area contributed by atoms with Gasteiger partial charge in [0.2, 0.25) is 0 Å². The molecule has 1 aliphatic heterocycles. The molecule has 0 N–H and O–H groups in total. The molecule has 0 aromatic carbocycles. The molecule has 4 fully saturated rings. The van der Waals surface area contributed by atoms with Gasteiger partial charge >= 0.3 is 0 Å². The first-order valence-corrected chi connectivity index (χ1v) is 11.4. The van der Waals surface area contributed by atoms with Crippen LogP contribution in [0.2, 0.25) is 0 Å². The van der Waals surface area contributed by atoms with E-state index in [0.717, 1.165) is 56.1 Å². The second-order valence-electron chi connectivity index (χ2n) is 10.7. The molecule has 1 saturated heterocycles. The molecule has 7 atom stereocenters. The van der Waals surface area contributed by atoms with Crippen LogP contribution in [0.5, 0.6) is 0 Å². The highest BCUT2D eigenvalue weighted by molar-refractivity contribution is 5.91. The first-order valence-electron chi connectivity index (χ1n) is 11.4. The Balaban J connectivity index is 1.40. The van der Waals surface area contributed by atoms with E-state index in [1.165, 1.54) is 37.7 Å². The zero-order valence-electron chi connectivity index (χ0n) is 17.3. The summed E-state index contributed by atoms with van der Waals surface area (Å²) in [7, 11) is 0. The number of fused-ring (bicyclic) bond motifs is 5. The van der Waals surface area contributed by atoms with Gasteiger partial charge in [-0.1, -0.05) is 26.3 Å². The lowest BCUT2D eigenvalue weighted by molar-refractivity contribution is -0.126. The van der Waals surface area contributed by atoms with Crippen molar-refractivity contribution in [1.29, 1.82) is 0 Å². The average Bonchev–Trinajstić information content (AvgIpc) is 3.29. The minimum Gasteiger partial charge on any atom is -0.350 e. The number of hydrogen-bond donors (Lipinski definition) is 0. The molecule has 3 saturated carbocycles. The van der Waals surface area contributed by atoms with Crippen molar-refractivity contribution in [2.24, 2.45) is 40.4 Å². The number of hydrogen-bond acceptors (Lipinski definition) is 3. The molecule has 0 spiro atoms. The molecule has 5 aliphatic rings. The van der Waals surface area contributed by atoms with Crippen LogP contribution >= 0.6 is 0 Å². The van der Waals surface area contributed by atoms with Crippen LogP contribution in [-0.2, 0) is 14.3 Å². The minimum atomic E-state index is 0.0195. The summed E-state index contributed by atoms with van der Waals surface area (Å²) in [5.41, 5.74) is 2.22. The predicted molar refractivity (Wildman–Crippen MR) is 105 cm³/mol. The van der Waals surface area contributed by atoms with Crippen LogP contribution in [0.4, 0.5) is 0 Å². The molecule has 5 rings (SSSR count). The third-order valence-corrected chi connectivity index (χ3v) is 9.75. The molecule has 3 heteroatoms. The SMILES string of the molecule is CC(C1OCCO1)[C@H]1CCC2C3CCC4=CC(=O)CC[C@]4(C)C3CC[C@@]21C. The number of allylic oxidation sites excluding steroid dienone is 1. The maximum Gasteiger partial charge on any atom is 0.160 e. The summed E-state index contributed by atoms with van der Waals surface area (Å²) in [4.78, 5) is 12.0.